The molecule has 90 valence electrons. The lowest BCUT2D eigenvalue weighted by Crippen LogP contribution is -1.99. The van der Waals surface area contributed by atoms with Crippen molar-refractivity contribution in [2.24, 2.45) is 0 Å². The minimum atomic E-state index is -0.436. The number of anilines is 3. The largest absolute Gasteiger partial charge is 0.397 e. The van der Waals surface area contributed by atoms with Gasteiger partial charge in [-0.3, -0.25) is 0 Å². The maximum Gasteiger partial charge on any atom is 0.124 e. The van der Waals surface area contributed by atoms with E-state index in [-0.39, 0.29) is 5.56 Å². The first-order chi connectivity index (χ1) is 8.60. The number of nitrogen functional groups attached to an aromatic ring is 1. The highest BCUT2D eigenvalue weighted by atomic mass is 19.1. The monoisotopic (exact) mass is 241 g/mol. The highest BCUT2D eigenvalue weighted by molar-refractivity contribution is 5.75. The Morgan fingerprint density at radius 3 is 2.67 bits per heavy atom. The van der Waals surface area contributed by atoms with E-state index in [1.165, 1.54) is 18.2 Å². The summed E-state index contributed by atoms with van der Waals surface area (Å²) in [5.74, 6) is -0.436. The van der Waals surface area contributed by atoms with Gasteiger partial charge >= 0.3 is 0 Å². The Morgan fingerprint density at radius 1 is 1.17 bits per heavy atom. The fraction of sp³-hybridized carbons (Fsp3) is 0.0714. The molecule has 2 aromatic rings. The number of rotatable bonds is 2. The van der Waals surface area contributed by atoms with Crippen LogP contribution >= 0.6 is 0 Å². The van der Waals surface area contributed by atoms with Gasteiger partial charge in [0.25, 0.3) is 0 Å². The van der Waals surface area contributed by atoms with Crippen LogP contribution in [0.4, 0.5) is 21.5 Å². The Morgan fingerprint density at radius 2 is 1.94 bits per heavy atom. The highest BCUT2D eigenvalue weighted by Crippen LogP contribution is 2.26. The van der Waals surface area contributed by atoms with Crippen molar-refractivity contribution in [3.05, 3.63) is 53.3 Å². The number of nitrogens with one attached hydrogen (secondary N) is 1. The van der Waals surface area contributed by atoms with Gasteiger partial charge in [-0.15, -0.1) is 0 Å². The number of halogens is 1. The molecule has 0 amide bonds. The predicted molar refractivity (Wildman–Crippen MR) is 70.0 cm³/mol. The van der Waals surface area contributed by atoms with E-state index in [0.717, 1.165) is 5.56 Å². The van der Waals surface area contributed by atoms with Crippen LogP contribution in [0.1, 0.15) is 11.1 Å². The molecule has 0 bridgehead atoms. The van der Waals surface area contributed by atoms with Gasteiger partial charge in [0.05, 0.1) is 22.6 Å². The highest BCUT2D eigenvalue weighted by Gasteiger charge is 2.06. The van der Waals surface area contributed by atoms with Crippen molar-refractivity contribution in [1.29, 1.82) is 5.26 Å². The molecule has 0 spiro atoms. The first-order valence-electron chi connectivity index (χ1n) is 5.43. The molecule has 0 saturated carbocycles. The molecular formula is C14H12FN3. The van der Waals surface area contributed by atoms with Crippen molar-refractivity contribution in [2.45, 2.75) is 6.92 Å². The second kappa shape index (κ2) is 4.76. The van der Waals surface area contributed by atoms with E-state index < -0.39 is 5.82 Å². The molecule has 0 heterocycles. The molecule has 0 radical (unpaired) electrons. The van der Waals surface area contributed by atoms with Gasteiger partial charge in [0, 0.05) is 0 Å². The maximum atomic E-state index is 13.0. The van der Waals surface area contributed by atoms with Crippen LogP contribution in [0, 0.1) is 24.1 Å². The van der Waals surface area contributed by atoms with E-state index in [1.807, 2.05) is 25.1 Å². The molecule has 3 nitrogen and oxygen atoms in total. The van der Waals surface area contributed by atoms with Gasteiger partial charge in [0.2, 0.25) is 0 Å². The van der Waals surface area contributed by atoms with Crippen molar-refractivity contribution in [3.63, 3.8) is 0 Å². The summed E-state index contributed by atoms with van der Waals surface area (Å²) in [6.45, 7) is 1.94. The van der Waals surface area contributed by atoms with Crippen LogP contribution in [0.2, 0.25) is 0 Å². The van der Waals surface area contributed by atoms with Gasteiger partial charge in [-0.05, 0) is 42.8 Å². The molecule has 0 aliphatic rings. The van der Waals surface area contributed by atoms with Crippen LogP contribution in [0.15, 0.2) is 36.4 Å². The van der Waals surface area contributed by atoms with E-state index in [1.54, 1.807) is 6.07 Å². The van der Waals surface area contributed by atoms with Gasteiger partial charge in [0.1, 0.15) is 11.9 Å². The second-order valence-electron chi connectivity index (χ2n) is 4.02. The van der Waals surface area contributed by atoms with Crippen LogP contribution in [0.3, 0.4) is 0 Å². The SMILES string of the molecule is Cc1ccc(N)c(Nc2ccc(F)cc2C#N)c1. The van der Waals surface area contributed by atoms with Gasteiger partial charge in [-0.25, -0.2) is 4.39 Å². The fourth-order valence-electron chi connectivity index (χ4n) is 1.64. The summed E-state index contributed by atoms with van der Waals surface area (Å²) in [7, 11) is 0. The third-order valence-electron chi connectivity index (χ3n) is 2.58. The minimum absolute atomic E-state index is 0.246. The molecule has 2 aromatic carbocycles. The summed E-state index contributed by atoms with van der Waals surface area (Å²) in [6.07, 6.45) is 0. The molecule has 0 aromatic heterocycles. The number of nitriles is 1. The number of hydrogen-bond donors (Lipinski definition) is 2. The van der Waals surface area contributed by atoms with E-state index in [0.29, 0.717) is 17.1 Å². The van der Waals surface area contributed by atoms with E-state index >= 15 is 0 Å². The molecule has 0 saturated heterocycles. The summed E-state index contributed by atoms with van der Waals surface area (Å²) in [6, 6.07) is 11.5. The average molecular weight is 241 g/mol. The quantitative estimate of drug-likeness (QED) is 0.793. The molecule has 0 atom stereocenters. The molecule has 0 aliphatic carbocycles. The van der Waals surface area contributed by atoms with Crippen molar-refractivity contribution in [3.8, 4) is 6.07 Å². The minimum Gasteiger partial charge on any atom is -0.397 e. The first-order valence-corrected chi connectivity index (χ1v) is 5.43. The third kappa shape index (κ3) is 2.41. The second-order valence-corrected chi connectivity index (χ2v) is 4.02. The lowest BCUT2D eigenvalue weighted by molar-refractivity contribution is 0.627. The molecular weight excluding hydrogens is 229 g/mol. The van der Waals surface area contributed by atoms with Gasteiger partial charge in [0.15, 0.2) is 0 Å². The van der Waals surface area contributed by atoms with E-state index in [2.05, 4.69) is 5.32 Å². The Balaban J connectivity index is 2.40. The zero-order valence-electron chi connectivity index (χ0n) is 9.87. The number of benzene rings is 2. The normalized spacial score (nSPS) is 9.83. The summed E-state index contributed by atoms with van der Waals surface area (Å²) in [4.78, 5) is 0. The zero-order valence-corrected chi connectivity index (χ0v) is 9.87. The first kappa shape index (κ1) is 11.9. The van der Waals surface area contributed by atoms with Crippen LogP contribution in [0.5, 0.6) is 0 Å². The summed E-state index contributed by atoms with van der Waals surface area (Å²) < 4.78 is 13.0. The van der Waals surface area contributed by atoms with Crippen molar-refractivity contribution < 1.29 is 4.39 Å². The molecule has 2 rings (SSSR count). The van der Waals surface area contributed by atoms with Crippen LogP contribution in [-0.2, 0) is 0 Å². The number of nitrogens with two attached hydrogens (primary N) is 1. The van der Waals surface area contributed by atoms with Gasteiger partial charge in [-0.1, -0.05) is 6.07 Å². The Kier molecular flexibility index (Phi) is 3.16. The number of aryl methyl sites for hydroxylation is 1. The van der Waals surface area contributed by atoms with Crippen molar-refractivity contribution in [2.75, 3.05) is 11.1 Å². The fourth-order valence-corrected chi connectivity index (χ4v) is 1.64. The lowest BCUT2D eigenvalue weighted by atomic mass is 10.1. The van der Waals surface area contributed by atoms with Crippen molar-refractivity contribution >= 4 is 17.1 Å². The average Bonchev–Trinajstić information content (AvgIpc) is 2.36. The molecule has 3 N–H and O–H groups in total. The molecule has 0 aliphatic heterocycles. The topological polar surface area (TPSA) is 61.8 Å². The smallest absolute Gasteiger partial charge is 0.124 e. The summed E-state index contributed by atoms with van der Waals surface area (Å²) in [5, 5.41) is 12.0. The summed E-state index contributed by atoms with van der Waals surface area (Å²) in [5.41, 5.74) is 8.96. The van der Waals surface area contributed by atoms with E-state index in [4.69, 9.17) is 11.0 Å². The van der Waals surface area contributed by atoms with Crippen LogP contribution in [-0.4, -0.2) is 0 Å². The van der Waals surface area contributed by atoms with Crippen LogP contribution < -0.4 is 11.1 Å². The molecule has 0 fully saturated rings. The Bertz CT molecular complexity index is 629. The predicted octanol–water partition coefficient (Wildman–Crippen LogP) is 3.33. The van der Waals surface area contributed by atoms with Gasteiger partial charge in [-0.2, -0.15) is 5.26 Å². The zero-order chi connectivity index (χ0) is 13.1. The number of nitrogens with zero attached hydrogens (tertiary/aromatic N) is 1. The van der Waals surface area contributed by atoms with Crippen molar-refractivity contribution in [1.82, 2.24) is 0 Å². The standard InChI is InChI=1S/C14H12FN3/c1-9-2-4-12(17)14(6-9)18-13-5-3-11(15)7-10(13)8-16/h2-7,18H,17H2,1H3. The summed E-state index contributed by atoms with van der Waals surface area (Å²) >= 11 is 0. The van der Waals surface area contributed by atoms with Gasteiger partial charge < -0.3 is 11.1 Å². The van der Waals surface area contributed by atoms with Crippen LogP contribution in [0.25, 0.3) is 0 Å². The number of hydrogen-bond acceptors (Lipinski definition) is 3. The molecule has 0 unspecified atom stereocenters. The molecule has 4 heteroatoms. The van der Waals surface area contributed by atoms with E-state index in [9.17, 15) is 4.39 Å². The Hall–Kier alpha value is -2.54. The maximum absolute atomic E-state index is 13.0. The lowest BCUT2D eigenvalue weighted by Gasteiger charge is -2.11. The molecule has 18 heavy (non-hydrogen) atoms. The third-order valence-corrected chi connectivity index (χ3v) is 2.58. The Labute approximate surface area is 105 Å².